The number of para-hydroxylation sites is 1. The SMILES string of the molecule is COc1cccc(NC(=O)CN2CN(c3ccccc3)C3(CCN(C(=O)c4ccc(Cl)c([N+](=O)[O-])c4)CC3)C2=O)c1. The van der Waals surface area contributed by atoms with Gasteiger partial charge in [-0.25, -0.2) is 0 Å². The highest BCUT2D eigenvalue weighted by molar-refractivity contribution is 6.32. The van der Waals surface area contributed by atoms with Crippen LogP contribution >= 0.6 is 11.6 Å². The minimum atomic E-state index is -0.944. The summed E-state index contributed by atoms with van der Waals surface area (Å²) in [4.78, 5) is 55.9. The average Bonchev–Trinajstić information content (AvgIpc) is 3.23. The number of hydrogen-bond donors (Lipinski definition) is 1. The first-order valence-corrected chi connectivity index (χ1v) is 13.4. The molecule has 3 amide bonds. The van der Waals surface area contributed by atoms with Crippen molar-refractivity contribution in [3.63, 3.8) is 0 Å². The number of halogens is 1. The van der Waals surface area contributed by atoms with Crippen molar-refractivity contribution in [1.82, 2.24) is 9.80 Å². The maximum Gasteiger partial charge on any atom is 0.288 e. The van der Waals surface area contributed by atoms with Crippen molar-refractivity contribution in [3.05, 3.63) is 93.5 Å². The van der Waals surface area contributed by atoms with Crippen LogP contribution in [0.3, 0.4) is 0 Å². The molecule has 0 saturated carbocycles. The van der Waals surface area contributed by atoms with Crippen molar-refractivity contribution in [2.75, 3.05) is 43.6 Å². The zero-order valence-electron chi connectivity index (χ0n) is 22.3. The van der Waals surface area contributed by atoms with E-state index in [9.17, 15) is 24.5 Å². The number of hydrogen-bond acceptors (Lipinski definition) is 7. The van der Waals surface area contributed by atoms with E-state index in [0.717, 1.165) is 5.69 Å². The fourth-order valence-corrected chi connectivity index (χ4v) is 5.63. The Morgan fingerprint density at radius 3 is 2.46 bits per heavy atom. The maximum absolute atomic E-state index is 13.9. The van der Waals surface area contributed by atoms with Crippen LogP contribution in [0.1, 0.15) is 23.2 Å². The molecule has 11 nitrogen and oxygen atoms in total. The molecule has 2 fully saturated rings. The quantitative estimate of drug-likeness (QED) is 0.330. The lowest BCUT2D eigenvalue weighted by molar-refractivity contribution is -0.384. The third kappa shape index (κ3) is 5.53. The van der Waals surface area contributed by atoms with Crippen molar-refractivity contribution in [1.29, 1.82) is 0 Å². The Morgan fingerprint density at radius 2 is 1.78 bits per heavy atom. The van der Waals surface area contributed by atoms with Crippen LogP contribution in [-0.2, 0) is 9.59 Å². The molecule has 0 aromatic heterocycles. The van der Waals surface area contributed by atoms with E-state index in [2.05, 4.69) is 5.32 Å². The lowest BCUT2D eigenvalue weighted by atomic mass is 9.85. The number of benzene rings is 3. The second-order valence-electron chi connectivity index (χ2n) is 9.94. The van der Waals surface area contributed by atoms with Crippen molar-refractivity contribution < 1.29 is 24.0 Å². The standard InChI is InChI=1S/C29H28ClN5O6/c1-41-23-9-5-6-21(17-23)31-26(36)18-33-19-34(22-7-3-2-4-8-22)29(28(33)38)12-14-32(15-13-29)27(37)20-10-11-24(30)25(16-20)35(39)40/h2-11,16-17H,12-15,18-19H2,1H3,(H,31,36). The van der Waals surface area contributed by atoms with Crippen molar-refractivity contribution in [3.8, 4) is 5.75 Å². The van der Waals surface area contributed by atoms with E-state index < -0.39 is 10.5 Å². The summed E-state index contributed by atoms with van der Waals surface area (Å²) in [6, 6.07) is 20.4. The van der Waals surface area contributed by atoms with Gasteiger partial charge in [0, 0.05) is 42.2 Å². The Balaban J connectivity index is 1.34. The zero-order chi connectivity index (χ0) is 29.1. The molecular weight excluding hydrogens is 550 g/mol. The van der Waals surface area contributed by atoms with Crippen LogP contribution in [0.4, 0.5) is 17.1 Å². The highest BCUT2D eigenvalue weighted by atomic mass is 35.5. The average molecular weight is 578 g/mol. The van der Waals surface area contributed by atoms with Crippen LogP contribution in [0.5, 0.6) is 5.75 Å². The monoisotopic (exact) mass is 577 g/mol. The van der Waals surface area contributed by atoms with Gasteiger partial charge in [0.1, 0.15) is 22.9 Å². The van der Waals surface area contributed by atoms with Crippen LogP contribution in [0.15, 0.2) is 72.8 Å². The number of carbonyl (C=O) groups is 3. The summed E-state index contributed by atoms with van der Waals surface area (Å²) in [5.41, 5.74) is 0.274. The van der Waals surface area contributed by atoms with E-state index in [4.69, 9.17) is 16.3 Å². The number of amides is 3. The highest BCUT2D eigenvalue weighted by Gasteiger charge is 2.54. The minimum absolute atomic E-state index is 0.0465. The van der Waals surface area contributed by atoms with Gasteiger partial charge in [0.2, 0.25) is 5.91 Å². The fraction of sp³-hybridized carbons (Fsp3) is 0.276. The third-order valence-corrected chi connectivity index (χ3v) is 7.86. The lowest BCUT2D eigenvalue weighted by Crippen LogP contribution is -2.57. The van der Waals surface area contributed by atoms with Crippen molar-refractivity contribution in [2.45, 2.75) is 18.4 Å². The van der Waals surface area contributed by atoms with Crippen LogP contribution in [-0.4, -0.2) is 71.4 Å². The number of carbonyl (C=O) groups excluding carboxylic acids is 3. The Hall–Kier alpha value is -4.64. The first-order chi connectivity index (χ1) is 19.7. The van der Waals surface area contributed by atoms with Crippen LogP contribution in [0, 0.1) is 10.1 Å². The summed E-state index contributed by atoms with van der Waals surface area (Å²) in [7, 11) is 1.54. The Morgan fingerprint density at radius 1 is 1.05 bits per heavy atom. The molecule has 212 valence electrons. The summed E-state index contributed by atoms with van der Waals surface area (Å²) in [5.74, 6) is -0.292. The molecule has 1 N–H and O–H groups in total. The number of rotatable bonds is 7. The highest BCUT2D eigenvalue weighted by Crippen LogP contribution is 2.40. The molecule has 0 unspecified atom stereocenters. The number of anilines is 2. The molecule has 5 rings (SSSR count). The predicted octanol–water partition coefficient (Wildman–Crippen LogP) is 4.18. The van der Waals surface area contributed by atoms with Crippen molar-refractivity contribution in [2.24, 2.45) is 0 Å². The summed E-state index contributed by atoms with van der Waals surface area (Å²) < 4.78 is 5.21. The molecule has 12 heteroatoms. The number of likely N-dealkylation sites (tertiary alicyclic amines) is 1. The Kier molecular flexibility index (Phi) is 7.80. The third-order valence-electron chi connectivity index (χ3n) is 7.54. The number of nitrogens with one attached hydrogen (secondary N) is 1. The van der Waals surface area contributed by atoms with E-state index in [1.807, 2.05) is 35.2 Å². The molecule has 0 bridgehead atoms. The second kappa shape index (κ2) is 11.5. The second-order valence-corrected chi connectivity index (χ2v) is 10.3. The maximum atomic E-state index is 13.9. The van der Waals surface area contributed by atoms with Gasteiger partial charge in [-0.1, -0.05) is 35.9 Å². The smallest absolute Gasteiger partial charge is 0.288 e. The Labute approximate surface area is 241 Å². The molecule has 0 radical (unpaired) electrons. The van der Waals surface area contributed by atoms with Crippen LogP contribution < -0.4 is 15.0 Å². The zero-order valence-corrected chi connectivity index (χ0v) is 23.0. The molecule has 2 aliphatic heterocycles. The molecule has 3 aromatic rings. The molecule has 41 heavy (non-hydrogen) atoms. The van der Waals surface area contributed by atoms with Gasteiger partial charge in [-0.3, -0.25) is 24.5 Å². The molecule has 2 saturated heterocycles. The van der Waals surface area contributed by atoms with Gasteiger partial charge in [0.15, 0.2) is 0 Å². The fourth-order valence-electron chi connectivity index (χ4n) is 5.44. The van der Waals surface area contributed by atoms with Gasteiger partial charge in [-0.2, -0.15) is 0 Å². The van der Waals surface area contributed by atoms with Gasteiger partial charge < -0.3 is 24.8 Å². The normalized spacial score (nSPS) is 16.1. The largest absolute Gasteiger partial charge is 0.497 e. The van der Waals surface area contributed by atoms with Crippen molar-refractivity contribution >= 4 is 46.4 Å². The van der Waals surface area contributed by atoms with Gasteiger partial charge in [-0.05, 0) is 49.2 Å². The topological polar surface area (TPSA) is 125 Å². The number of nitro benzene ring substituents is 1. The van der Waals surface area contributed by atoms with E-state index in [1.54, 1.807) is 36.3 Å². The Bertz CT molecular complexity index is 1490. The molecule has 1 spiro atoms. The molecule has 2 heterocycles. The summed E-state index contributed by atoms with van der Waals surface area (Å²) in [6.07, 6.45) is 0.659. The van der Waals surface area contributed by atoms with E-state index >= 15 is 0 Å². The number of nitro groups is 1. The number of piperidine rings is 1. The number of methoxy groups -OCH3 is 1. The van der Waals surface area contributed by atoms with Crippen LogP contribution in [0.25, 0.3) is 0 Å². The predicted molar refractivity (Wildman–Crippen MR) is 153 cm³/mol. The van der Waals surface area contributed by atoms with Gasteiger partial charge >= 0.3 is 0 Å². The van der Waals surface area contributed by atoms with E-state index in [1.165, 1.54) is 23.1 Å². The first kappa shape index (κ1) is 27.9. The summed E-state index contributed by atoms with van der Waals surface area (Å²) in [6.45, 7) is 0.590. The summed E-state index contributed by atoms with van der Waals surface area (Å²) in [5, 5.41) is 14.1. The van der Waals surface area contributed by atoms with Crippen LogP contribution in [0.2, 0.25) is 5.02 Å². The van der Waals surface area contributed by atoms with Gasteiger partial charge in [0.25, 0.3) is 17.5 Å². The molecule has 2 aliphatic rings. The molecule has 3 aromatic carbocycles. The molecular formula is C29H28ClN5O6. The molecule has 0 atom stereocenters. The number of ether oxygens (including phenoxy) is 1. The first-order valence-electron chi connectivity index (χ1n) is 13.0. The van der Waals surface area contributed by atoms with E-state index in [-0.39, 0.29) is 60.3 Å². The van der Waals surface area contributed by atoms with Gasteiger partial charge in [0.05, 0.1) is 18.7 Å². The minimum Gasteiger partial charge on any atom is -0.497 e. The molecule has 0 aliphatic carbocycles. The van der Waals surface area contributed by atoms with E-state index in [0.29, 0.717) is 24.3 Å². The number of nitrogens with zero attached hydrogens (tertiary/aromatic N) is 4. The van der Waals surface area contributed by atoms with Gasteiger partial charge in [-0.15, -0.1) is 0 Å². The summed E-state index contributed by atoms with van der Waals surface area (Å²) >= 11 is 5.91. The lowest BCUT2D eigenvalue weighted by Gasteiger charge is -2.43.